The lowest BCUT2D eigenvalue weighted by Crippen LogP contribution is -2.40. The minimum absolute atomic E-state index is 0.136. The average Bonchev–Trinajstić information content (AvgIpc) is 2.61. The highest BCUT2D eigenvalue weighted by Crippen LogP contribution is 2.43. The fourth-order valence-electron chi connectivity index (χ4n) is 3.48. The molecule has 0 heterocycles. The smallest absolute Gasteiger partial charge is 0.316 e. The fourth-order valence-corrected chi connectivity index (χ4v) is 3.48. The van der Waals surface area contributed by atoms with Gasteiger partial charge >= 0.3 is 5.97 Å². The van der Waals surface area contributed by atoms with E-state index >= 15 is 0 Å². The second-order valence-electron chi connectivity index (χ2n) is 5.97. The summed E-state index contributed by atoms with van der Waals surface area (Å²) in [7, 11) is 1.27. The van der Waals surface area contributed by atoms with Crippen LogP contribution in [0.3, 0.4) is 0 Å². The normalized spacial score (nSPS) is 24.2. The van der Waals surface area contributed by atoms with E-state index in [9.17, 15) is 14.9 Å². The lowest BCUT2D eigenvalue weighted by molar-refractivity contribution is -0.151. The predicted molar refractivity (Wildman–Crippen MR) is 85.6 cm³/mol. The van der Waals surface area contributed by atoms with Crippen molar-refractivity contribution in [3.63, 3.8) is 0 Å². The molecule has 2 aromatic rings. The summed E-state index contributed by atoms with van der Waals surface area (Å²) in [4.78, 5) is 24.0. The number of methoxy groups -OCH3 is 1. The Hall–Kier alpha value is -2.67. The lowest BCUT2D eigenvalue weighted by Gasteiger charge is -2.34. The Bertz CT molecular complexity index is 807. The Kier molecular flexibility index (Phi) is 3.87. The van der Waals surface area contributed by atoms with Gasteiger partial charge in [-0.05, 0) is 29.2 Å². The maximum Gasteiger partial charge on any atom is 0.316 e. The molecular weight excluding hydrogens is 290 g/mol. The van der Waals surface area contributed by atoms with Gasteiger partial charge in [0, 0.05) is 6.42 Å². The number of esters is 1. The van der Waals surface area contributed by atoms with Crippen molar-refractivity contribution in [1.29, 1.82) is 5.26 Å². The van der Waals surface area contributed by atoms with E-state index < -0.39 is 17.3 Å². The zero-order valence-electron chi connectivity index (χ0n) is 12.9. The van der Waals surface area contributed by atoms with Crippen LogP contribution >= 0.6 is 0 Å². The van der Waals surface area contributed by atoms with E-state index in [0.29, 0.717) is 6.42 Å². The van der Waals surface area contributed by atoms with Crippen LogP contribution < -0.4 is 0 Å². The van der Waals surface area contributed by atoms with Crippen LogP contribution in [0.25, 0.3) is 10.8 Å². The van der Waals surface area contributed by atoms with Crippen LogP contribution in [0.4, 0.5) is 0 Å². The van der Waals surface area contributed by atoms with Gasteiger partial charge in [0.1, 0.15) is 11.7 Å². The zero-order valence-corrected chi connectivity index (χ0v) is 12.9. The summed E-state index contributed by atoms with van der Waals surface area (Å²) in [6, 6.07) is 16.1. The molecule has 4 heteroatoms. The number of ketones is 1. The van der Waals surface area contributed by atoms with Crippen molar-refractivity contribution in [3.05, 3.63) is 48.0 Å². The largest absolute Gasteiger partial charge is 0.468 e. The molecule has 1 saturated carbocycles. The molecule has 1 fully saturated rings. The molecule has 2 aromatic carbocycles. The minimum atomic E-state index is -0.854. The first kappa shape index (κ1) is 15.2. The number of hydrogen-bond acceptors (Lipinski definition) is 4. The molecule has 2 atom stereocenters. The average molecular weight is 307 g/mol. The quantitative estimate of drug-likeness (QED) is 0.631. The molecule has 0 bridgehead atoms. The summed E-state index contributed by atoms with van der Waals surface area (Å²) in [6.07, 6.45) is 0.837. The van der Waals surface area contributed by atoms with E-state index in [-0.39, 0.29) is 18.6 Å². The third-order valence-corrected chi connectivity index (χ3v) is 4.74. The van der Waals surface area contributed by atoms with Crippen molar-refractivity contribution in [2.45, 2.75) is 24.7 Å². The maximum absolute atomic E-state index is 12.1. The van der Waals surface area contributed by atoms with Gasteiger partial charge in [-0.3, -0.25) is 9.59 Å². The number of Topliss-reactive ketones (excluding diaryl/α,β-unsaturated/α-hetero) is 1. The second kappa shape index (κ2) is 5.85. The van der Waals surface area contributed by atoms with Crippen LogP contribution in [0.5, 0.6) is 0 Å². The highest BCUT2D eigenvalue weighted by Gasteiger charge is 2.45. The summed E-state index contributed by atoms with van der Waals surface area (Å²) in [6.45, 7) is 0. The Labute approximate surface area is 134 Å². The number of fused-ring (bicyclic) bond motifs is 1. The van der Waals surface area contributed by atoms with Gasteiger partial charge in [-0.1, -0.05) is 42.5 Å². The van der Waals surface area contributed by atoms with Gasteiger partial charge in [-0.15, -0.1) is 0 Å². The minimum Gasteiger partial charge on any atom is -0.468 e. The van der Waals surface area contributed by atoms with Gasteiger partial charge in [0.25, 0.3) is 0 Å². The molecule has 0 saturated heterocycles. The molecule has 1 aliphatic carbocycles. The van der Waals surface area contributed by atoms with E-state index in [0.717, 1.165) is 16.3 Å². The molecule has 116 valence electrons. The monoisotopic (exact) mass is 307 g/mol. The Morgan fingerprint density at radius 2 is 2.00 bits per heavy atom. The molecule has 0 radical (unpaired) electrons. The third-order valence-electron chi connectivity index (χ3n) is 4.74. The van der Waals surface area contributed by atoms with E-state index in [1.54, 1.807) is 0 Å². The number of nitrogens with zero attached hydrogens (tertiary/aromatic N) is 1. The molecule has 0 amide bonds. The zero-order chi connectivity index (χ0) is 16.4. The summed E-state index contributed by atoms with van der Waals surface area (Å²) in [5.74, 6) is -1.54. The van der Waals surface area contributed by atoms with Crippen LogP contribution in [0.1, 0.15) is 24.8 Å². The van der Waals surface area contributed by atoms with Gasteiger partial charge in [0.2, 0.25) is 0 Å². The summed E-state index contributed by atoms with van der Waals surface area (Å²) < 4.78 is 4.75. The van der Waals surface area contributed by atoms with Crippen molar-refractivity contribution < 1.29 is 14.3 Å². The number of benzene rings is 2. The molecule has 0 aliphatic heterocycles. The predicted octanol–water partition coefficient (Wildman–Crippen LogP) is 3.14. The van der Waals surface area contributed by atoms with Crippen LogP contribution in [-0.4, -0.2) is 18.9 Å². The molecule has 0 unspecified atom stereocenters. The topological polar surface area (TPSA) is 67.2 Å². The van der Waals surface area contributed by atoms with Gasteiger partial charge in [0.15, 0.2) is 0 Å². The first-order valence-corrected chi connectivity index (χ1v) is 7.61. The number of carbonyl (C=O) groups is 2. The van der Waals surface area contributed by atoms with E-state index in [4.69, 9.17) is 4.74 Å². The molecule has 3 rings (SSSR count). The SMILES string of the molecule is COC(=O)[C@@H]1C[C@](C#N)(c2cccc3ccccc23)CCC1=O. The van der Waals surface area contributed by atoms with E-state index in [1.807, 2.05) is 42.5 Å². The Morgan fingerprint density at radius 3 is 2.74 bits per heavy atom. The van der Waals surface area contributed by atoms with Crippen LogP contribution in [0.15, 0.2) is 42.5 Å². The lowest BCUT2D eigenvalue weighted by atomic mass is 9.65. The van der Waals surface area contributed by atoms with Crippen molar-refractivity contribution in [3.8, 4) is 6.07 Å². The molecule has 23 heavy (non-hydrogen) atoms. The standard InChI is InChI=1S/C19H17NO3/c1-23-18(22)15-11-19(12-20,10-9-17(15)21)16-8-4-6-13-5-2-3-7-14(13)16/h2-8,15H,9-11H2,1H3/t15-,19-/m1/s1. The van der Waals surface area contributed by atoms with Gasteiger partial charge in [0.05, 0.1) is 18.6 Å². The first-order valence-electron chi connectivity index (χ1n) is 7.61. The van der Waals surface area contributed by atoms with Gasteiger partial charge in [-0.25, -0.2) is 0 Å². The molecule has 0 aromatic heterocycles. The Morgan fingerprint density at radius 1 is 1.26 bits per heavy atom. The van der Waals surface area contributed by atoms with Crippen LogP contribution in [0.2, 0.25) is 0 Å². The second-order valence-corrected chi connectivity index (χ2v) is 5.97. The number of ether oxygens (including phenoxy) is 1. The van der Waals surface area contributed by atoms with Crippen LogP contribution in [-0.2, 0) is 19.7 Å². The molecule has 1 aliphatic rings. The van der Waals surface area contributed by atoms with Crippen molar-refractivity contribution in [1.82, 2.24) is 0 Å². The number of nitriles is 1. The third kappa shape index (κ3) is 2.49. The summed E-state index contributed by atoms with van der Waals surface area (Å²) in [5.41, 5.74) is 0.0488. The molecular formula is C19H17NO3. The van der Waals surface area contributed by atoms with Crippen LogP contribution in [0, 0.1) is 17.2 Å². The first-order chi connectivity index (χ1) is 11.1. The summed E-state index contributed by atoms with van der Waals surface area (Å²) >= 11 is 0. The van der Waals surface area contributed by atoms with Crippen molar-refractivity contribution in [2.75, 3.05) is 7.11 Å². The number of rotatable bonds is 2. The highest BCUT2D eigenvalue weighted by atomic mass is 16.5. The molecule has 4 nitrogen and oxygen atoms in total. The van der Waals surface area contributed by atoms with E-state index in [1.165, 1.54) is 7.11 Å². The fraction of sp³-hybridized carbons (Fsp3) is 0.316. The van der Waals surface area contributed by atoms with Gasteiger partial charge < -0.3 is 4.74 Å². The maximum atomic E-state index is 12.1. The number of hydrogen-bond donors (Lipinski definition) is 0. The van der Waals surface area contributed by atoms with Crippen molar-refractivity contribution in [2.24, 2.45) is 5.92 Å². The van der Waals surface area contributed by atoms with Gasteiger partial charge in [-0.2, -0.15) is 5.26 Å². The molecule has 0 spiro atoms. The Balaban J connectivity index is 2.12. The van der Waals surface area contributed by atoms with Crippen molar-refractivity contribution >= 4 is 22.5 Å². The summed E-state index contributed by atoms with van der Waals surface area (Å²) in [5, 5.41) is 11.9. The highest BCUT2D eigenvalue weighted by molar-refractivity contribution is 6.00. The molecule has 0 N–H and O–H groups in total. The number of carbonyl (C=O) groups excluding carboxylic acids is 2. The van der Waals surface area contributed by atoms with E-state index in [2.05, 4.69) is 6.07 Å².